The Kier molecular flexibility index (Phi) is 4.65. The maximum atomic E-state index is 11.8. The highest BCUT2D eigenvalue weighted by molar-refractivity contribution is 5.95. The molecule has 0 saturated carbocycles. The Bertz CT molecular complexity index is 357. The van der Waals surface area contributed by atoms with Crippen molar-refractivity contribution in [1.82, 2.24) is 15.3 Å². The minimum absolute atomic E-state index is 0.234. The summed E-state index contributed by atoms with van der Waals surface area (Å²) in [5.74, 6) is -0.0817. The van der Waals surface area contributed by atoms with Gasteiger partial charge in [0.25, 0.3) is 5.91 Å². The van der Waals surface area contributed by atoms with Crippen molar-refractivity contribution in [2.75, 3.05) is 20.8 Å². The van der Waals surface area contributed by atoms with Crippen LogP contribution >= 0.6 is 0 Å². The fraction of sp³-hybridized carbons (Fsp3) is 0.500. The summed E-state index contributed by atoms with van der Waals surface area (Å²) in [6, 6.07) is 1.55. The lowest BCUT2D eigenvalue weighted by molar-refractivity contribution is -0.0759. The molecule has 1 amide bonds. The first-order valence-corrected chi connectivity index (χ1v) is 4.97. The number of carbonyl (C=O) groups excluding carboxylic acids is 1. The molecule has 6 nitrogen and oxygen atoms in total. The summed E-state index contributed by atoms with van der Waals surface area (Å²) < 4.78 is 5.33. The molecular weight excluding hydrogens is 210 g/mol. The van der Waals surface area contributed by atoms with Gasteiger partial charge in [-0.2, -0.15) is 5.10 Å². The molecule has 0 N–H and O–H groups in total. The molecule has 0 aromatic carbocycles. The summed E-state index contributed by atoms with van der Waals surface area (Å²) in [6.07, 6.45) is 2.28. The highest BCUT2D eigenvalue weighted by Gasteiger charge is 2.17. The van der Waals surface area contributed by atoms with E-state index in [1.165, 1.54) is 20.4 Å². The van der Waals surface area contributed by atoms with Crippen molar-refractivity contribution < 1.29 is 14.4 Å². The van der Waals surface area contributed by atoms with Gasteiger partial charge in [0.2, 0.25) is 5.88 Å². The third-order valence-corrected chi connectivity index (χ3v) is 1.92. The molecule has 0 spiro atoms. The standard InChI is InChI=1S/C10H15N3O3/c1-4-7-16-9-8(5-6-11-12-9)10(14)13(2)15-3/h5-6H,4,7H2,1-3H3. The van der Waals surface area contributed by atoms with Crippen LogP contribution in [0.3, 0.4) is 0 Å². The summed E-state index contributed by atoms with van der Waals surface area (Å²) in [6.45, 7) is 2.47. The van der Waals surface area contributed by atoms with Gasteiger partial charge in [-0.15, -0.1) is 5.10 Å². The van der Waals surface area contributed by atoms with Gasteiger partial charge in [0.15, 0.2) is 0 Å². The van der Waals surface area contributed by atoms with Crippen molar-refractivity contribution >= 4 is 5.91 Å². The smallest absolute Gasteiger partial charge is 0.282 e. The van der Waals surface area contributed by atoms with Crippen LogP contribution in [0.4, 0.5) is 0 Å². The molecule has 16 heavy (non-hydrogen) atoms. The van der Waals surface area contributed by atoms with Gasteiger partial charge in [0, 0.05) is 7.05 Å². The second-order valence-corrected chi connectivity index (χ2v) is 3.08. The maximum absolute atomic E-state index is 11.8. The number of nitrogens with zero attached hydrogens (tertiary/aromatic N) is 3. The van der Waals surface area contributed by atoms with Crippen molar-refractivity contribution in [3.8, 4) is 5.88 Å². The molecule has 0 unspecified atom stereocenters. The molecule has 0 fully saturated rings. The highest BCUT2D eigenvalue weighted by atomic mass is 16.7. The van der Waals surface area contributed by atoms with Gasteiger partial charge in [-0.3, -0.25) is 9.63 Å². The topological polar surface area (TPSA) is 64.6 Å². The lowest BCUT2D eigenvalue weighted by Crippen LogP contribution is -2.26. The minimum Gasteiger partial charge on any atom is -0.476 e. The Hall–Kier alpha value is -1.69. The number of hydrogen-bond acceptors (Lipinski definition) is 5. The van der Waals surface area contributed by atoms with Crippen molar-refractivity contribution in [2.24, 2.45) is 0 Å². The molecular formula is C10H15N3O3. The molecule has 0 aliphatic carbocycles. The molecule has 0 bridgehead atoms. The maximum Gasteiger partial charge on any atom is 0.282 e. The van der Waals surface area contributed by atoms with E-state index in [9.17, 15) is 4.79 Å². The second-order valence-electron chi connectivity index (χ2n) is 3.08. The van der Waals surface area contributed by atoms with Crippen LogP contribution in [0.25, 0.3) is 0 Å². The van der Waals surface area contributed by atoms with Crippen LogP contribution in [-0.2, 0) is 4.84 Å². The number of ether oxygens (including phenoxy) is 1. The largest absolute Gasteiger partial charge is 0.476 e. The number of aromatic nitrogens is 2. The van der Waals surface area contributed by atoms with Crippen LogP contribution in [0.5, 0.6) is 5.88 Å². The molecule has 1 heterocycles. The number of hydrogen-bond donors (Lipinski definition) is 0. The van der Waals surface area contributed by atoms with Crippen molar-refractivity contribution in [1.29, 1.82) is 0 Å². The lowest BCUT2D eigenvalue weighted by Gasteiger charge is -2.14. The zero-order chi connectivity index (χ0) is 12.0. The molecule has 0 saturated heterocycles. The molecule has 0 aliphatic rings. The van der Waals surface area contributed by atoms with Gasteiger partial charge < -0.3 is 4.74 Å². The van der Waals surface area contributed by atoms with Crippen molar-refractivity contribution in [3.63, 3.8) is 0 Å². The number of carbonyl (C=O) groups is 1. The van der Waals surface area contributed by atoms with E-state index in [4.69, 9.17) is 9.57 Å². The van der Waals surface area contributed by atoms with E-state index in [1.54, 1.807) is 6.07 Å². The molecule has 1 aromatic heterocycles. The molecule has 1 aromatic rings. The van der Waals surface area contributed by atoms with E-state index in [2.05, 4.69) is 10.2 Å². The summed E-state index contributed by atoms with van der Waals surface area (Å²) in [5.41, 5.74) is 0.341. The van der Waals surface area contributed by atoms with Crippen LogP contribution < -0.4 is 4.74 Å². The van der Waals surface area contributed by atoms with E-state index in [-0.39, 0.29) is 11.8 Å². The van der Waals surface area contributed by atoms with Gasteiger partial charge in [0.05, 0.1) is 19.9 Å². The summed E-state index contributed by atoms with van der Waals surface area (Å²) in [5, 5.41) is 8.56. The Labute approximate surface area is 94.1 Å². The van der Waals surface area contributed by atoms with Crippen LogP contribution in [0, 0.1) is 0 Å². The molecule has 88 valence electrons. The van der Waals surface area contributed by atoms with Gasteiger partial charge in [-0.25, -0.2) is 5.06 Å². The quantitative estimate of drug-likeness (QED) is 0.696. The van der Waals surface area contributed by atoms with Gasteiger partial charge in [-0.1, -0.05) is 6.92 Å². The number of amides is 1. The molecule has 0 atom stereocenters. The molecule has 1 rings (SSSR count). The van der Waals surface area contributed by atoms with E-state index in [1.807, 2.05) is 6.92 Å². The second kappa shape index (κ2) is 6.02. The minimum atomic E-state index is -0.316. The van der Waals surface area contributed by atoms with E-state index < -0.39 is 0 Å². The third-order valence-electron chi connectivity index (χ3n) is 1.92. The van der Waals surface area contributed by atoms with Gasteiger partial charge in [-0.05, 0) is 12.5 Å². The van der Waals surface area contributed by atoms with Gasteiger partial charge in [0.1, 0.15) is 5.56 Å². The predicted molar refractivity (Wildman–Crippen MR) is 56.9 cm³/mol. The Balaban J connectivity index is 2.89. The first-order chi connectivity index (χ1) is 7.70. The van der Waals surface area contributed by atoms with Crippen LogP contribution in [0.15, 0.2) is 12.3 Å². The third kappa shape index (κ3) is 2.90. The van der Waals surface area contributed by atoms with E-state index in [0.717, 1.165) is 11.5 Å². The van der Waals surface area contributed by atoms with Crippen LogP contribution in [0.2, 0.25) is 0 Å². The Morgan fingerprint density at radius 2 is 2.31 bits per heavy atom. The summed E-state index contributed by atoms with van der Waals surface area (Å²) in [4.78, 5) is 16.6. The van der Waals surface area contributed by atoms with Gasteiger partial charge >= 0.3 is 0 Å². The number of rotatable bonds is 5. The monoisotopic (exact) mass is 225 g/mol. The van der Waals surface area contributed by atoms with E-state index in [0.29, 0.717) is 12.2 Å². The molecule has 0 aliphatic heterocycles. The van der Waals surface area contributed by atoms with Crippen LogP contribution in [0.1, 0.15) is 23.7 Å². The fourth-order valence-corrected chi connectivity index (χ4v) is 1.04. The highest BCUT2D eigenvalue weighted by Crippen LogP contribution is 2.15. The Morgan fingerprint density at radius 3 is 2.94 bits per heavy atom. The number of hydroxylamine groups is 2. The van der Waals surface area contributed by atoms with Crippen molar-refractivity contribution in [2.45, 2.75) is 13.3 Å². The lowest BCUT2D eigenvalue weighted by atomic mass is 10.3. The normalized spacial score (nSPS) is 9.94. The van der Waals surface area contributed by atoms with Crippen molar-refractivity contribution in [3.05, 3.63) is 17.8 Å². The fourth-order valence-electron chi connectivity index (χ4n) is 1.04. The molecule has 0 radical (unpaired) electrons. The Morgan fingerprint density at radius 1 is 1.56 bits per heavy atom. The zero-order valence-electron chi connectivity index (χ0n) is 9.64. The van der Waals surface area contributed by atoms with Crippen LogP contribution in [-0.4, -0.2) is 41.9 Å². The molecule has 6 heteroatoms. The first kappa shape index (κ1) is 12.4. The van der Waals surface area contributed by atoms with E-state index >= 15 is 0 Å². The first-order valence-electron chi connectivity index (χ1n) is 4.97. The predicted octanol–water partition coefficient (Wildman–Crippen LogP) is 0.899. The summed E-state index contributed by atoms with van der Waals surface area (Å²) >= 11 is 0. The zero-order valence-corrected chi connectivity index (χ0v) is 9.64. The average Bonchev–Trinajstić information content (AvgIpc) is 2.34. The summed E-state index contributed by atoms with van der Waals surface area (Å²) in [7, 11) is 2.94. The SMILES string of the molecule is CCCOc1nnccc1C(=O)N(C)OC. The average molecular weight is 225 g/mol.